The Hall–Kier alpha value is -0.780. The van der Waals surface area contributed by atoms with Gasteiger partial charge in [-0.05, 0) is 38.3 Å². The molecule has 0 atom stereocenters. The minimum absolute atomic E-state index is 0. The Morgan fingerprint density at radius 1 is 1.45 bits per heavy atom. The lowest BCUT2D eigenvalue weighted by Crippen LogP contribution is -2.29. The average molecular weight is 323 g/mol. The minimum atomic E-state index is 0. The second-order valence-corrected chi connectivity index (χ2v) is 4.96. The zero-order chi connectivity index (χ0) is 12.8. The molecule has 1 aliphatic heterocycles. The van der Waals surface area contributed by atoms with E-state index < -0.39 is 0 Å². The number of halogens is 2. The van der Waals surface area contributed by atoms with Gasteiger partial charge >= 0.3 is 0 Å². The summed E-state index contributed by atoms with van der Waals surface area (Å²) < 4.78 is 1.92. The predicted octanol–water partition coefficient (Wildman–Crippen LogP) is 1.66. The third kappa shape index (κ3) is 6.11. The van der Waals surface area contributed by atoms with Crippen LogP contribution in [0.15, 0.2) is 12.4 Å². The number of aryl methyl sites for hydroxylation is 1. The Morgan fingerprint density at radius 2 is 2.15 bits per heavy atom. The second-order valence-electron chi connectivity index (χ2n) is 4.96. The molecule has 116 valence electrons. The molecule has 2 heterocycles. The van der Waals surface area contributed by atoms with E-state index in [1.165, 1.54) is 12.8 Å². The van der Waals surface area contributed by atoms with E-state index in [1.807, 2.05) is 17.8 Å². The quantitative estimate of drug-likeness (QED) is 0.866. The topological polar surface area (TPSA) is 59.0 Å². The molecule has 0 spiro atoms. The molecule has 7 heteroatoms. The summed E-state index contributed by atoms with van der Waals surface area (Å²) in [5.41, 5.74) is 0. The molecule has 1 fully saturated rings. The van der Waals surface area contributed by atoms with E-state index in [9.17, 15) is 4.79 Å². The lowest BCUT2D eigenvalue weighted by atomic mass is 9.93. The number of nitrogens with one attached hydrogen (secondary N) is 2. The zero-order valence-electron chi connectivity index (χ0n) is 11.8. The predicted molar refractivity (Wildman–Crippen MR) is 84.4 cm³/mol. The van der Waals surface area contributed by atoms with Crippen molar-refractivity contribution in [3.05, 3.63) is 18.2 Å². The normalized spacial score (nSPS) is 15.1. The number of imidazole rings is 1. The molecule has 0 bridgehead atoms. The van der Waals surface area contributed by atoms with E-state index in [2.05, 4.69) is 15.6 Å². The van der Waals surface area contributed by atoms with Gasteiger partial charge in [-0.15, -0.1) is 24.8 Å². The van der Waals surface area contributed by atoms with Gasteiger partial charge in [0, 0.05) is 25.9 Å². The molecule has 2 N–H and O–H groups in total. The van der Waals surface area contributed by atoms with Crippen molar-refractivity contribution in [1.29, 1.82) is 0 Å². The maximum absolute atomic E-state index is 11.7. The van der Waals surface area contributed by atoms with Gasteiger partial charge in [-0.1, -0.05) is 0 Å². The highest BCUT2D eigenvalue weighted by Gasteiger charge is 2.14. The number of nitrogens with zero attached hydrogens (tertiary/aromatic N) is 2. The highest BCUT2D eigenvalue weighted by Crippen LogP contribution is 2.17. The van der Waals surface area contributed by atoms with Gasteiger partial charge < -0.3 is 15.2 Å². The second kappa shape index (κ2) is 10.0. The van der Waals surface area contributed by atoms with Crippen molar-refractivity contribution in [3.8, 4) is 0 Å². The number of hydrogen-bond acceptors (Lipinski definition) is 3. The summed E-state index contributed by atoms with van der Waals surface area (Å²) in [7, 11) is 1.93. The molecule has 0 aromatic carbocycles. The van der Waals surface area contributed by atoms with Crippen molar-refractivity contribution in [3.63, 3.8) is 0 Å². The highest BCUT2D eigenvalue weighted by molar-refractivity contribution is 5.85. The van der Waals surface area contributed by atoms with Crippen LogP contribution < -0.4 is 10.6 Å². The van der Waals surface area contributed by atoms with Gasteiger partial charge in [0.2, 0.25) is 5.91 Å². The van der Waals surface area contributed by atoms with Crippen molar-refractivity contribution in [1.82, 2.24) is 20.2 Å². The molecule has 1 aromatic heterocycles. The number of carbonyl (C=O) groups is 1. The monoisotopic (exact) mass is 322 g/mol. The summed E-state index contributed by atoms with van der Waals surface area (Å²) in [6.45, 7) is 2.72. The molecule has 2 rings (SSSR count). The van der Waals surface area contributed by atoms with E-state index in [4.69, 9.17) is 0 Å². The van der Waals surface area contributed by atoms with Gasteiger partial charge in [0.1, 0.15) is 5.82 Å². The number of hydrogen-bond donors (Lipinski definition) is 2. The molecule has 1 aromatic rings. The highest BCUT2D eigenvalue weighted by atomic mass is 35.5. The van der Waals surface area contributed by atoms with Crippen LogP contribution in [0.5, 0.6) is 0 Å². The maximum atomic E-state index is 11.7. The molecular weight excluding hydrogens is 299 g/mol. The van der Waals surface area contributed by atoms with E-state index in [1.54, 1.807) is 6.20 Å². The van der Waals surface area contributed by atoms with E-state index in [0.29, 0.717) is 18.9 Å². The first-order valence-corrected chi connectivity index (χ1v) is 6.69. The first-order chi connectivity index (χ1) is 8.75. The van der Waals surface area contributed by atoms with Gasteiger partial charge in [-0.3, -0.25) is 4.79 Å². The molecule has 20 heavy (non-hydrogen) atoms. The summed E-state index contributed by atoms with van der Waals surface area (Å²) in [6, 6.07) is 0. The first-order valence-electron chi connectivity index (χ1n) is 6.69. The fraction of sp³-hybridized carbons (Fsp3) is 0.692. The Morgan fingerprint density at radius 3 is 2.75 bits per heavy atom. The van der Waals surface area contributed by atoms with Crippen LogP contribution in [0.3, 0.4) is 0 Å². The Bertz CT molecular complexity index is 391. The van der Waals surface area contributed by atoms with Crippen LogP contribution in [0, 0.1) is 5.92 Å². The first kappa shape index (κ1) is 19.2. The molecule has 0 aliphatic carbocycles. The summed E-state index contributed by atoms with van der Waals surface area (Å²) in [4.78, 5) is 15.9. The Balaban J connectivity index is 0.00000180. The summed E-state index contributed by atoms with van der Waals surface area (Å²) >= 11 is 0. The minimum Gasteiger partial charge on any atom is -0.349 e. The molecule has 5 nitrogen and oxygen atoms in total. The van der Waals surface area contributed by atoms with E-state index in [0.717, 1.165) is 25.3 Å². The van der Waals surface area contributed by atoms with Gasteiger partial charge in [0.25, 0.3) is 0 Å². The van der Waals surface area contributed by atoms with Gasteiger partial charge in [0.15, 0.2) is 0 Å². The molecule has 1 saturated heterocycles. The van der Waals surface area contributed by atoms with Crippen molar-refractivity contribution in [2.45, 2.75) is 32.2 Å². The van der Waals surface area contributed by atoms with Crippen molar-refractivity contribution >= 4 is 30.7 Å². The van der Waals surface area contributed by atoms with E-state index in [-0.39, 0.29) is 30.7 Å². The third-order valence-corrected chi connectivity index (χ3v) is 3.60. The maximum Gasteiger partial charge on any atom is 0.220 e. The van der Waals surface area contributed by atoms with Crippen LogP contribution >= 0.6 is 24.8 Å². The molecule has 0 saturated carbocycles. The van der Waals surface area contributed by atoms with Crippen LogP contribution in [-0.2, 0) is 18.4 Å². The largest absolute Gasteiger partial charge is 0.349 e. The number of amides is 1. The van der Waals surface area contributed by atoms with Gasteiger partial charge in [-0.25, -0.2) is 4.98 Å². The number of aromatic nitrogens is 2. The summed E-state index contributed by atoms with van der Waals surface area (Å²) in [5, 5.41) is 6.27. The number of piperidine rings is 1. The van der Waals surface area contributed by atoms with Gasteiger partial charge in [0.05, 0.1) is 6.54 Å². The van der Waals surface area contributed by atoms with Crippen molar-refractivity contribution in [2.75, 3.05) is 13.1 Å². The molecule has 0 radical (unpaired) electrons. The van der Waals surface area contributed by atoms with Crippen LogP contribution in [0.4, 0.5) is 0 Å². The fourth-order valence-electron chi connectivity index (χ4n) is 2.34. The SMILES string of the molecule is Cl.Cl.Cn1ccnc1CNC(=O)CCC1CCNCC1. The Kier molecular flexibility index (Phi) is 9.63. The number of carbonyl (C=O) groups excluding carboxylic acids is 1. The molecule has 0 unspecified atom stereocenters. The molecule has 1 aliphatic rings. The van der Waals surface area contributed by atoms with Crippen LogP contribution in [0.1, 0.15) is 31.5 Å². The molecule has 1 amide bonds. The van der Waals surface area contributed by atoms with Crippen molar-refractivity contribution < 1.29 is 4.79 Å². The summed E-state index contributed by atoms with van der Waals surface area (Å²) in [5.74, 6) is 1.74. The van der Waals surface area contributed by atoms with Crippen LogP contribution in [-0.4, -0.2) is 28.5 Å². The average Bonchev–Trinajstić information content (AvgIpc) is 2.81. The summed E-state index contributed by atoms with van der Waals surface area (Å²) in [6.07, 6.45) is 7.68. The third-order valence-electron chi connectivity index (χ3n) is 3.60. The fourth-order valence-corrected chi connectivity index (χ4v) is 2.34. The lowest BCUT2D eigenvalue weighted by molar-refractivity contribution is -0.121. The smallest absolute Gasteiger partial charge is 0.220 e. The van der Waals surface area contributed by atoms with Crippen LogP contribution in [0.25, 0.3) is 0 Å². The lowest BCUT2D eigenvalue weighted by Gasteiger charge is -2.22. The number of rotatable bonds is 5. The van der Waals surface area contributed by atoms with Gasteiger partial charge in [-0.2, -0.15) is 0 Å². The zero-order valence-corrected chi connectivity index (χ0v) is 13.4. The van der Waals surface area contributed by atoms with Crippen LogP contribution in [0.2, 0.25) is 0 Å². The molecular formula is C13H24Cl2N4O. The Labute approximate surface area is 132 Å². The standard InChI is InChI=1S/C13H22N4O.2ClH/c1-17-9-8-15-12(17)10-16-13(18)3-2-11-4-6-14-7-5-11;;/h8-9,11,14H,2-7,10H2,1H3,(H,16,18);2*1H. The van der Waals surface area contributed by atoms with Crippen molar-refractivity contribution in [2.24, 2.45) is 13.0 Å². The van der Waals surface area contributed by atoms with E-state index >= 15 is 0 Å².